The minimum Gasteiger partial charge on any atom is -0.451 e. The van der Waals surface area contributed by atoms with Gasteiger partial charge in [-0.1, -0.05) is 71.8 Å². The van der Waals surface area contributed by atoms with Crippen LogP contribution in [-0.4, -0.2) is 33.1 Å². The molecular weight excluding hydrogens is 402 g/mol. The lowest BCUT2D eigenvalue weighted by Gasteiger charge is -2.10. The van der Waals surface area contributed by atoms with Crippen molar-refractivity contribution >= 4 is 11.8 Å². The third kappa shape index (κ3) is 4.49. The first kappa shape index (κ1) is 21.2. The standard InChI is InChI=1S/C26H23N3O3/c1-17-8-7-11-21(15-17)25-27-24(28-29(25)22-13-12-18(2)14-19(22)3)26(31)32-16-23(30)20-9-5-4-6-10-20/h4-15H,16H2,1-3H3. The number of hydrogen-bond donors (Lipinski definition) is 0. The highest BCUT2D eigenvalue weighted by molar-refractivity contribution is 5.98. The van der Waals surface area contributed by atoms with E-state index in [0.717, 1.165) is 27.9 Å². The van der Waals surface area contributed by atoms with Crippen molar-refractivity contribution in [2.24, 2.45) is 0 Å². The summed E-state index contributed by atoms with van der Waals surface area (Å²) in [5, 5.41) is 4.45. The van der Waals surface area contributed by atoms with Gasteiger partial charge in [-0.25, -0.2) is 14.5 Å². The maximum Gasteiger partial charge on any atom is 0.378 e. The molecule has 0 N–H and O–H groups in total. The smallest absolute Gasteiger partial charge is 0.378 e. The monoisotopic (exact) mass is 425 g/mol. The summed E-state index contributed by atoms with van der Waals surface area (Å²) in [5.41, 5.74) is 5.33. The Bertz CT molecular complexity index is 1290. The van der Waals surface area contributed by atoms with Crippen LogP contribution >= 0.6 is 0 Å². The molecule has 0 saturated heterocycles. The van der Waals surface area contributed by atoms with E-state index in [1.54, 1.807) is 28.9 Å². The summed E-state index contributed by atoms with van der Waals surface area (Å²) in [4.78, 5) is 29.5. The third-order valence-electron chi connectivity index (χ3n) is 5.08. The number of ketones is 1. The molecule has 0 spiro atoms. The van der Waals surface area contributed by atoms with E-state index in [0.29, 0.717) is 11.4 Å². The number of nitrogens with zero attached hydrogens (tertiary/aromatic N) is 3. The van der Waals surface area contributed by atoms with E-state index >= 15 is 0 Å². The molecule has 32 heavy (non-hydrogen) atoms. The number of carbonyl (C=O) groups is 2. The Morgan fingerprint density at radius 3 is 2.34 bits per heavy atom. The van der Waals surface area contributed by atoms with E-state index in [2.05, 4.69) is 10.1 Å². The molecule has 0 aliphatic carbocycles. The second kappa shape index (κ2) is 8.98. The quantitative estimate of drug-likeness (QED) is 0.324. The van der Waals surface area contributed by atoms with Crippen molar-refractivity contribution < 1.29 is 14.3 Å². The predicted octanol–water partition coefficient (Wildman–Crippen LogP) is 4.90. The lowest BCUT2D eigenvalue weighted by Crippen LogP contribution is -2.15. The topological polar surface area (TPSA) is 74.1 Å². The predicted molar refractivity (Wildman–Crippen MR) is 122 cm³/mol. The Labute approximate surface area is 186 Å². The number of esters is 1. The van der Waals surface area contributed by atoms with Gasteiger partial charge in [0.15, 0.2) is 18.2 Å². The van der Waals surface area contributed by atoms with Gasteiger partial charge in [-0.3, -0.25) is 4.79 Å². The zero-order valence-electron chi connectivity index (χ0n) is 18.2. The SMILES string of the molecule is Cc1cccc(-c2nc(C(=O)OCC(=O)c3ccccc3)nn2-c2ccc(C)cc2C)c1. The highest BCUT2D eigenvalue weighted by Gasteiger charge is 2.22. The molecule has 0 aliphatic heterocycles. The van der Waals surface area contributed by atoms with Crippen LogP contribution in [0.2, 0.25) is 0 Å². The van der Waals surface area contributed by atoms with Crippen LogP contribution in [0.1, 0.15) is 37.7 Å². The molecule has 0 atom stereocenters. The molecule has 6 heteroatoms. The van der Waals surface area contributed by atoms with Gasteiger partial charge in [-0.2, -0.15) is 0 Å². The van der Waals surface area contributed by atoms with Crippen molar-refractivity contribution in [1.82, 2.24) is 14.8 Å². The van der Waals surface area contributed by atoms with Crippen LogP contribution in [0, 0.1) is 20.8 Å². The molecule has 0 bridgehead atoms. The Morgan fingerprint density at radius 1 is 0.875 bits per heavy atom. The Hall–Kier alpha value is -4.06. The lowest BCUT2D eigenvalue weighted by atomic mass is 10.1. The molecule has 160 valence electrons. The second-order valence-electron chi connectivity index (χ2n) is 7.70. The summed E-state index contributed by atoms with van der Waals surface area (Å²) in [6.45, 7) is 5.62. The zero-order valence-corrected chi connectivity index (χ0v) is 18.2. The van der Waals surface area contributed by atoms with E-state index in [9.17, 15) is 9.59 Å². The number of hydrogen-bond acceptors (Lipinski definition) is 5. The summed E-state index contributed by atoms with van der Waals surface area (Å²) in [6, 6.07) is 22.5. The third-order valence-corrected chi connectivity index (χ3v) is 5.08. The molecule has 0 amide bonds. The molecule has 1 heterocycles. The molecule has 0 aliphatic rings. The molecule has 4 aromatic rings. The van der Waals surface area contributed by atoms with Crippen LogP contribution in [0.15, 0.2) is 72.8 Å². The van der Waals surface area contributed by atoms with E-state index < -0.39 is 5.97 Å². The summed E-state index contributed by atoms with van der Waals surface area (Å²) < 4.78 is 6.88. The number of rotatable bonds is 6. The summed E-state index contributed by atoms with van der Waals surface area (Å²) >= 11 is 0. The average molecular weight is 425 g/mol. The van der Waals surface area contributed by atoms with Crippen LogP contribution in [-0.2, 0) is 4.74 Å². The first-order valence-corrected chi connectivity index (χ1v) is 10.3. The highest BCUT2D eigenvalue weighted by atomic mass is 16.5. The molecule has 4 rings (SSSR count). The number of aryl methyl sites for hydroxylation is 3. The van der Waals surface area contributed by atoms with Gasteiger partial charge in [-0.05, 0) is 38.5 Å². The fraction of sp³-hybridized carbons (Fsp3) is 0.154. The van der Waals surface area contributed by atoms with Gasteiger partial charge in [0.25, 0.3) is 5.82 Å². The minimum atomic E-state index is -0.744. The summed E-state index contributed by atoms with van der Waals surface area (Å²) in [6.07, 6.45) is 0. The lowest BCUT2D eigenvalue weighted by molar-refractivity contribution is 0.0462. The van der Waals surface area contributed by atoms with Gasteiger partial charge in [0, 0.05) is 11.1 Å². The van der Waals surface area contributed by atoms with Crippen molar-refractivity contribution in [2.75, 3.05) is 6.61 Å². The molecule has 1 aromatic heterocycles. The van der Waals surface area contributed by atoms with Crippen LogP contribution in [0.25, 0.3) is 17.1 Å². The van der Waals surface area contributed by atoms with Crippen molar-refractivity contribution in [2.45, 2.75) is 20.8 Å². The number of benzene rings is 3. The largest absolute Gasteiger partial charge is 0.451 e. The van der Waals surface area contributed by atoms with Crippen molar-refractivity contribution in [3.05, 3.63) is 101 Å². The van der Waals surface area contributed by atoms with Gasteiger partial charge >= 0.3 is 5.97 Å². The Balaban J connectivity index is 1.67. The Kier molecular flexibility index (Phi) is 5.94. The number of ether oxygens (including phenoxy) is 1. The van der Waals surface area contributed by atoms with Crippen LogP contribution in [0.4, 0.5) is 0 Å². The summed E-state index contributed by atoms with van der Waals surface area (Å²) in [7, 11) is 0. The zero-order chi connectivity index (χ0) is 22.7. The summed E-state index contributed by atoms with van der Waals surface area (Å²) in [5.74, 6) is -0.595. The fourth-order valence-electron chi connectivity index (χ4n) is 3.48. The van der Waals surface area contributed by atoms with E-state index in [-0.39, 0.29) is 18.2 Å². The first-order chi connectivity index (χ1) is 15.4. The molecule has 0 saturated carbocycles. The van der Waals surface area contributed by atoms with Crippen molar-refractivity contribution in [1.29, 1.82) is 0 Å². The molecule has 6 nitrogen and oxygen atoms in total. The van der Waals surface area contributed by atoms with Crippen molar-refractivity contribution in [3.8, 4) is 17.1 Å². The number of carbonyl (C=O) groups excluding carboxylic acids is 2. The van der Waals surface area contributed by atoms with Crippen LogP contribution in [0.5, 0.6) is 0 Å². The van der Waals surface area contributed by atoms with Gasteiger partial charge < -0.3 is 4.74 Å². The van der Waals surface area contributed by atoms with E-state index in [1.807, 2.05) is 69.3 Å². The Morgan fingerprint density at radius 2 is 1.62 bits per heavy atom. The second-order valence-corrected chi connectivity index (χ2v) is 7.70. The number of Topliss-reactive ketones (excluding diaryl/α,β-unsaturated/α-hetero) is 1. The maximum atomic E-state index is 12.7. The number of aromatic nitrogens is 3. The van der Waals surface area contributed by atoms with Gasteiger partial charge in [0.2, 0.25) is 0 Å². The molecule has 3 aromatic carbocycles. The highest BCUT2D eigenvalue weighted by Crippen LogP contribution is 2.25. The van der Waals surface area contributed by atoms with Gasteiger partial charge in [-0.15, -0.1) is 5.10 Å². The maximum absolute atomic E-state index is 12.7. The van der Waals surface area contributed by atoms with Crippen molar-refractivity contribution in [3.63, 3.8) is 0 Å². The average Bonchev–Trinajstić information content (AvgIpc) is 3.23. The molecule has 0 radical (unpaired) electrons. The van der Waals surface area contributed by atoms with E-state index in [1.165, 1.54) is 0 Å². The van der Waals surface area contributed by atoms with Crippen LogP contribution in [0.3, 0.4) is 0 Å². The van der Waals surface area contributed by atoms with Gasteiger partial charge in [0.1, 0.15) is 0 Å². The normalized spacial score (nSPS) is 10.7. The molecule has 0 unspecified atom stereocenters. The van der Waals surface area contributed by atoms with E-state index in [4.69, 9.17) is 4.74 Å². The van der Waals surface area contributed by atoms with Crippen LogP contribution < -0.4 is 0 Å². The molecular formula is C26H23N3O3. The molecule has 0 fully saturated rings. The van der Waals surface area contributed by atoms with Gasteiger partial charge in [0.05, 0.1) is 5.69 Å². The minimum absolute atomic E-state index is 0.0951. The first-order valence-electron chi connectivity index (χ1n) is 10.3. The fourth-order valence-corrected chi connectivity index (χ4v) is 3.48.